The Balaban J connectivity index is 2.10. The first-order chi connectivity index (χ1) is 8.72. The first-order valence-corrected chi connectivity index (χ1v) is 6.71. The molecule has 2 atom stereocenters. The number of ether oxygens (including phenoxy) is 2. The third kappa shape index (κ3) is 3.16. The van der Waals surface area contributed by atoms with Crippen molar-refractivity contribution in [1.82, 2.24) is 5.32 Å². The SMILES string of the molecule is COCC(Oc1cccc(Cl)c1C)C1CCNC1. The molecule has 1 fully saturated rings. The number of halogens is 1. The Morgan fingerprint density at radius 1 is 1.50 bits per heavy atom. The van der Waals surface area contributed by atoms with E-state index >= 15 is 0 Å². The van der Waals surface area contributed by atoms with Crippen molar-refractivity contribution in [2.75, 3.05) is 26.8 Å². The molecule has 1 N–H and O–H groups in total. The Labute approximate surface area is 113 Å². The van der Waals surface area contributed by atoms with Crippen LogP contribution in [0.2, 0.25) is 5.02 Å². The van der Waals surface area contributed by atoms with Gasteiger partial charge in [0, 0.05) is 30.2 Å². The van der Waals surface area contributed by atoms with E-state index in [1.54, 1.807) is 7.11 Å². The molecule has 2 rings (SSSR count). The molecular formula is C14H20ClNO2. The summed E-state index contributed by atoms with van der Waals surface area (Å²) in [5, 5.41) is 4.11. The second kappa shape index (κ2) is 6.41. The topological polar surface area (TPSA) is 30.5 Å². The van der Waals surface area contributed by atoms with Gasteiger partial charge in [0.1, 0.15) is 11.9 Å². The zero-order chi connectivity index (χ0) is 13.0. The van der Waals surface area contributed by atoms with E-state index in [1.807, 2.05) is 25.1 Å². The average Bonchev–Trinajstić information content (AvgIpc) is 2.88. The van der Waals surface area contributed by atoms with E-state index in [0.717, 1.165) is 35.8 Å². The van der Waals surface area contributed by atoms with Gasteiger partial charge < -0.3 is 14.8 Å². The summed E-state index contributed by atoms with van der Waals surface area (Å²) in [6.07, 6.45) is 1.22. The molecule has 1 heterocycles. The molecule has 1 aliphatic rings. The monoisotopic (exact) mass is 269 g/mol. The molecule has 0 bridgehead atoms. The molecule has 0 aromatic heterocycles. The van der Waals surface area contributed by atoms with Gasteiger partial charge in [-0.3, -0.25) is 0 Å². The van der Waals surface area contributed by atoms with Gasteiger partial charge in [-0.15, -0.1) is 0 Å². The van der Waals surface area contributed by atoms with E-state index in [4.69, 9.17) is 21.1 Å². The van der Waals surface area contributed by atoms with Crippen molar-refractivity contribution in [2.24, 2.45) is 5.92 Å². The number of nitrogens with one attached hydrogen (secondary N) is 1. The minimum Gasteiger partial charge on any atom is -0.487 e. The molecule has 1 aromatic carbocycles. The Hall–Kier alpha value is -0.770. The highest BCUT2D eigenvalue weighted by molar-refractivity contribution is 6.31. The Bertz CT molecular complexity index is 391. The third-order valence-corrected chi connectivity index (χ3v) is 3.86. The molecule has 1 saturated heterocycles. The number of methoxy groups -OCH3 is 1. The first kappa shape index (κ1) is 13.7. The van der Waals surface area contributed by atoms with Crippen molar-refractivity contribution in [3.05, 3.63) is 28.8 Å². The maximum Gasteiger partial charge on any atom is 0.126 e. The Morgan fingerprint density at radius 2 is 2.33 bits per heavy atom. The highest BCUT2D eigenvalue weighted by Crippen LogP contribution is 2.28. The van der Waals surface area contributed by atoms with Gasteiger partial charge >= 0.3 is 0 Å². The summed E-state index contributed by atoms with van der Waals surface area (Å²) >= 11 is 6.11. The molecule has 1 aliphatic heterocycles. The van der Waals surface area contributed by atoms with Gasteiger partial charge in [0.05, 0.1) is 6.61 Å². The van der Waals surface area contributed by atoms with Crippen molar-refractivity contribution >= 4 is 11.6 Å². The number of hydrogen-bond acceptors (Lipinski definition) is 3. The van der Waals surface area contributed by atoms with Gasteiger partial charge in [-0.05, 0) is 32.0 Å². The molecule has 4 heteroatoms. The van der Waals surface area contributed by atoms with Gasteiger partial charge in [-0.2, -0.15) is 0 Å². The molecule has 3 nitrogen and oxygen atoms in total. The second-order valence-corrected chi connectivity index (χ2v) is 5.13. The maximum absolute atomic E-state index is 6.11. The number of hydrogen-bond donors (Lipinski definition) is 1. The largest absolute Gasteiger partial charge is 0.487 e. The highest BCUT2D eigenvalue weighted by Gasteiger charge is 2.27. The van der Waals surface area contributed by atoms with Crippen molar-refractivity contribution in [1.29, 1.82) is 0 Å². The second-order valence-electron chi connectivity index (χ2n) is 4.73. The molecule has 100 valence electrons. The molecular weight excluding hydrogens is 250 g/mol. The van der Waals surface area contributed by atoms with Crippen LogP contribution in [0.4, 0.5) is 0 Å². The molecule has 0 radical (unpaired) electrons. The third-order valence-electron chi connectivity index (χ3n) is 3.45. The van der Waals surface area contributed by atoms with E-state index in [-0.39, 0.29) is 6.10 Å². The summed E-state index contributed by atoms with van der Waals surface area (Å²) < 4.78 is 11.4. The smallest absolute Gasteiger partial charge is 0.126 e. The highest BCUT2D eigenvalue weighted by atomic mass is 35.5. The molecule has 0 amide bonds. The minimum absolute atomic E-state index is 0.0853. The lowest BCUT2D eigenvalue weighted by Crippen LogP contribution is -2.33. The Kier molecular flexibility index (Phi) is 4.87. The van der Waals surface area contributed by atoms with Crippen molar-refractivity contribution in [3.63, 3.8) is 0 Å². The quantitative estimate of drug-likeness (QED) is 0.891. The summed E-state index contributed by atoms with van der Waals surface area (Å²) in [4.78, 5) is 0. The van der Waals surface area contributed by atoms with Gasteiger partial charge in [0.2, 0.25) is 0 Å². The van der Waals surface area contributed by atoms with Crippen LogP contribution in [0.25, 0.3) is 0 Å². The predicted molar refractivity (Wildman–Crippen MR) is 73.5 cm³/mol. The molecule has 0 spiro atoms. The van der Waals surface area contributed by atoms with E-state index in [0.29, 0.717) is 12.5 Å². The zero-order valence-corrected chi connectivity index (χ0v) is 11.7. The molecule has 18 heavy (non-hydrogen) atoms. The van der Waals surface area contributed by atoms with E-state index in [9.17, 15) is 0 Å². The standard InChI is InChI=1S/C14H20ClNO2/c1-10-12(15)4-3-5-13(10)18-14(9-17-2)11-6-7-16-8-11/h3-5,11,14,16H,6-9H2,1-2H3. The van der Waals surface area contributed by atoms with Crippen LogP contribution in [0, 0.1) is 12.8 Å². The van der Waals surface area contributed by atoms with Crippen LogP contribution in [0.1, 0.15) is 12.0 Å². The zero-order valence-electron chi connectivity index (χ0n) is 10.9. The van der Waals surface area contributed by atoms with Crippen LogP contribution in [0.5, 0.6) is 5.75 Å². The van der Waals surface area contributed by atoms with Crippen LogP contribution < -0.4 is 10.1 Å². The van der Waals surface area contributed by atoms with E-state index < -0.39 is 0 Å². The lowest BCUT2D eigenvalue weighted by Gasteiger charge is -2.24. The van der Waals surface area contributed by atoms with Gasteiger partial charge in [-0.25, -0.2) is 0 Å². The van der Waals surface area contributed by atoms with Crippen molar-refractivity contribution in [3.8, 4) is 5.75 Å². The van der Waals surface area contributed by atoms with E-state index in [2.05, 4.69) is 5.32 Å². The van der Waals surface area contributed by atoms with E-state index in [1.165, 1.54) is 0 Å². The van der Waals surface area contributed by atoms with Crippen molar-refractivity contribution < 1.29 is 9.47 Å². The predicted octanol–water partition coefficient (Wildman–Crippen LogP) is 2.65. The Morgan fingerprint density at radius 3 is 3.00 bits per heavy atom. The lowest BCUT2D eigenvalue weighted by atomic mass is 10.0. The lowest BCUT2D eigenvalue weighted by molar-refractivity contribution is 0.0478. The average molecular weight is 270 g/mol. The number of benzene rings is 1. The summed E-state index contributed by atoms with van der Waals surface area (Å²) in [6, 6.07) is 5.76. The molecule has 0 aliphatic carbocycles. The fourth-order valence-electron chi connectivity index (χ4n) is 2.30. The van der Waals surface area contributed by atoms with Crippen LogP contribution in [0.3, 0.4) is 0 Å². The van der Waals surface area contributed by atoms with Gasteiger partial charge in [0.15, 0.2) is 0 Å². The summed E-state index contributed by atoms with van der Waals surface area (Å²) in [5.74, 6) is 1.36. The van der Waals surface area contributed by atoms with Gasteiger partial charge in [-0.1, -0.05) is 17.7 Å². The van der Waals surface area contributed by atoms with Crippen molar-refractivity contribution in [2.45, 2.75) is 19.4 Å². The molecule has 0 saturated carbocycles. The maximum atomic E-state index is 6.11. The van der Waals surface area contributed by atoms with Crippen LogP contribution >= 0.6 is 11.6 Å². The fourth-order valence-corrected chi connectivity index (χ4v) is 2.47. The summed E-state index contributed by atoms with van der Waals surface area (Å²) in [6.45, 7) is 4.64. The van der Waals surface area contributed by atoms with Crippen LogP contribution in [0.15, 0.2) is 18.2 Å². The number of rotatable bonds is 5. The van der Waals surface area contributed by atoms with Crippen LogP contribution in [-0.2, 0) is 4.74 Å². The summed E-state index contributed by atoms with van der Waals surface area (Å²) in [5.41, 5.74) is 0.992. The fraction of sp³-hybridized carbons (Fsp3) is 0.571. The minimum atomic E-state index is 0.0853. The first-order valence-electron chi connectivity index (χ1n) is 6.33. The van der Waals surface area contributed by atoms with Gasteiger partial charge in [0.25, 0.3) is 0 Å². The van der Waals surface area contributed by atoms with Crippen LogP contribution in [-0.4, -0.2) is 32.9 Å². The summed E-state index contributed by atoms with van der Waals surface area (Å²) in [7, 11) is 1.71. The molecule has 2 unspecified atom stereocenters. The molecule has 1 aromatic rings. The normalized spacial score (nSPS) is 20.9.